The van der Waals surface area contributed by atoms with Crippen LogP contribution in [-0.2, 0) is 20.9 Å². The second-order valence-corrected chi connectivity index (χ2v) is 10.5. The molecule has 0 aliphatic carbocycles. The Hall–Kier alpha value is -5.60. The molecular weight excluding hydrogens is 635 g/mol. The number of rotatable bonds is 11. The molecule has 2 aromatic carbocycles. The number of nitrogens with one attached hydrogen (secondary N) is 4. The van der Waals surface area contributed by atoms with Gasteiger partial charge < -0.3 is 20.4 Å². The molecular formula is C30H26Cl2N10O4. The van der Waals surface area contributed by atoms with E-state index in [0.29, 0.717) is 33.2 Å². The number of aromatic amines is 1. The van der Waals surface area contributed by atoms with Crippen LogP contribution in [-0.4, -0.2) is 60.2 Å². The van der Waals surface area contributed by atoms with Crippen molar-refractivity contribution in [3.63, 3.8) is 0 Å². The van der Waals surface area contributed by atoms with Crippen molar-refractivity contribution >= 4 is 52.9 Å². The molecule has 3 amide bonds. The van der Waals surface area contributed by atoms with E-state index in [4.69, 9.17) is 23.2 Å². The van der Waals surface area contributed by atoms with Crippen LogP contribution in [0.4, 0.5) is 10.5 Å². The predicted molar refractivity (Wildman–Crippen MR) is 170 cm³/mol. The maximum Gasteiger partial charge on any atom is 0.411 e. The van der Waals surface area contributed by atoms with Gasteiger partial charge in [0.1, 0.15) is 23.0 Å². The van der Waals surface area contributed by atoms with Gasteiger partial charge in [0.25, 0.3) is 0 Å². The molecule has 0 saturated heterocycles. The van der Waals surface area contributed by atoms with Crippen LogP contribution in [0.5, 0.6) is 0 Å². The molecule has 0 saturated carbocycles. The zero-order valence-electron chi connectivity index (χ0n) is 24.1. The summed E-state index contributed by atoms with van der Waals surface area (Å²) < 4.78 is 6.05. The Labute approximate surface area is 272 Å². The van der Waals surface area contributed by atoms with Crippen molar-refractivity contribution in [3.05, 3.63) is 107 Å². The number of aromatic nitrogens is 7. The van der Waals surface area contributed by atoms with Crippen LogP contribution >= 0.6 is 23.2 Å². The third-order valence-corrected chi connectivity index (χ3v) is 7.05. The van der Waals surface area contributed by atoms with Crippen molar-refractivity contribution in [1.29, 1.82) is 0 Å². The summed E-state index contributed by atoms with van der Waals surface area (Å²) >= 11 is 12.7. The van der Waals surface area contributed by atoms with E-state index in [0.717, 1.165) is 5.56 Å². The van der Waals surface area contributed by atoms with Crippen molar-refractivity contribution in [1.82, 2.24) is 45.8 Å². The largest absolute Gasteiger partial charge is 0.453 e. The second-order valence-electron chi connectivity index (χ2n) is 9.67. The Morgan fingerprint density at radius 2 is 1.85 bits per heavy atom. The Kier molecular flexibility index (Phi) is 10.3. The first-order chi connectivity index (χ1) is 22.3. The van der Waals surface area contributed by atoms with E-state index in [1.165, 1.54) is 24.2 Å². The van der Waals surface area contributed by atoms with Gasteiger partial charge in [0.05, 0.1) is 25.3 Å². The molecule has 4 N–H and O–H groups in total. The standard InChI is InChI=1S/C30H26Cl2N10O4/c1-46-30(45)36-22-6-2-19(3-7-22)27-28(32)39-29(38-27)23(15-26(44)34-16-18-10-12-33-13-11-18)37-25(43)9-4-20-14-21(31)5-8-24(20)42-17-35-40-41-42/h2-14,17,23H,15-16H2,1H3,(H,34,44)(H,36,45)(H,37,43)(H,38,39)/b9-4+/t23-/m0/s1. The first kappa shape index (κ1) is 31.8. The van der Waals surface area contributed by atoms with Crippen molar-refractivity contribution in [3.8, 4) is 16.9 Å². The van der Waals surface area contributed by atoms with Gasteiger partial charge in [-0.3, -0.25) is 19.9 Å². The molecule has 234 valence electrons. The first-order valence-electron chi connectivity index (χ1n) is 13.7. The van der Waals surface area contributed by atoms with Crippen molar-refractivity contribution < 1.29 is 19.1 Å². The minimum atomic E-state index is -0.889. The van der Waals surface area contributed by atoms with Gasteiger partial charge in [0.2, 0.25) is 11.8 Å². The maximum absolute atomic E-state index is 13.2. The molecule has 14 nitrogen and oxygen atoms in total. The van der Waals surface area contributed by atoms with E-state index in [-0.39, 0.29) is 29.9 Å². The number of tetrazole rings is 1. The lowest BCUT2D eigenvalue weighted by molar-refractivity contribution is -0.122. The first-order valence-corrected chi connectivity index (χ1v) is 14.4. The van der Waals surface area contributed by atoms with Crippen LogP contribution in [0.1, 0.15) is 29.4 Å². The molecule has 0 radical (unpaired) electrons. The van der Waals surface area contributed by atoms with Crippen molar-refractivity contribution in [2.45, 2.75) is 19.0 Å². The highest BCUT2D eigenvalue weighted by atomic mass is 35.5. The number of carbonyl (C=O) groups excluding carboxylic acids is 3. The number of imidazole rings is 1. The van der Waals surface area contributed by atoms with Gasteiger partial charge in [-0.15, -0.1) is 5.10 Å². The van der Waals surface area contributed by atoms with Gasteiger partial charge in [-0.25, -0.2) is 9.78 Å². The van der Waals surface area contributed by atoms with Gasteiger partial charge in [0.15, 0.2) is 0 Å². The molecule has 16 heteroatoms. The van der Waals surface area contributed by atoms with E-state index in [1.54, 1.807) is 73.1 Å². The highest BCUT2D eigenvalue weighted by Gasteiger charge is 2.23. The quantitative estimate of drug-likeness (QED) is 0.148. The zero-order valence-corrected chi connectivity index (χ0v) is 25.7. The summed E-state index contributed by atoms with van der Waals surface area (Å²) in [6.07, 6.45) is 6.79. The van der Waals surface area contributed by atoms with Crippen LogP contribution in [0.15, 0.2) is 79.4 Å². The molecule has 46 heavy (non-hydrogen) atoms. The summed E-state index contributed by atoms with van der Waals surface area (Å²) in [5.41, 5.74) is 3.56. The van der Waals surface area contributed by atoms with Crippen LogP contribution < -0.4 is 16.0 Å². The normalized spacial score (nSPS) is 11.6. The van der Waals surface area contributed by atoms with Crippen LogP contribution in [0, 0.1) is 0 Å². The molecule has 0 spiro atoms. The van der Waals surface area contributed by atoms with Gasteiger partial charge in [-0.05, 0) is 64.5 Å². The number of H-pyrrole nitrogens is 1. The Morgan fingerprint density at radius 1 is 1.07 bits per heavy atom. The average Bonchev–Trinajstić information content (AvgIpc) is 3.74. The van der Waals surface area contributed by atoms with Gasteiger partial charge >= 0.3 is 6.09 Å². The fraction of sp³-hybridized carbons (Fsp3) is 0.133. The Bertz CT molecular complexity index is 1850. The number of anilines is 1. The zero-order chi connectivity index (χ0) is 32.5. The number of halogens is 2. The number of pyridine rings is 1. The SMILES string of the molecule is COC(=O)Nc1ccc(-c2nc([C@H](CC(=O)NCc3ccncc3)NC(=O)/C=C/c3cc(Cl)ccc3-n3cnnn3)[nH]c2Cl)cc1. The second kappa shape index (κ2) is 14.9. The monoisotopic (exact) mass is 660 g/mol. The molecule has 0 bridgehead atoms. The number of ether oxygens (including phenoxy) is 1. The summed E-state index contributed by atoms with van der Waals surface area (Å²) in [7, 11) is 1.27. The molecule has 0 aliphatic rings. The fourth-order valence-corrected chi connectivity index (χ4v) is 4.73. The summed E-state index contributed by atoms with van der Waals surface area (Å²) in [6, 6.07) is 14.5. The Morgan fingerprint density at radius 3 is 2.57 bits per heavy atom. The van der Waals surface area contributed by atoms with Crippen LogP contribution in [0.3, 0.4) is 0 Å². The van der Waals surface area contributed by atoms with Gasteiger partial charge in [-0.1, -0.05) is 35.3 Å². The lowest BCUT2D eigenvalue weighted by Crippen LogP contribution is -2.33. The molecule has 5 aromatic rings. The number of hydrogen-bond acceptors (Lipinski definition) is 9. The molecule has 0 aliphatic heterocycles. The third-order valence-electron chi connectivity index (χ3n) is 6.54. The lowest BCUT2D eigenvalue weighted by Gasteiger charge is -2.16. The fourth-order valence-electron chi connectivity index (χ4n) is 4.31. The highest BCUT2D eigenvalue weighted by Crippen LogP contribution is 2.29. The molecule has 3 heterocycles. The number of nitrogens with zero attached hydrogens (tertiary/aromatic N) is 6. The number of methoxy groups -OCH3 is 1. The van der Waals surface area contributed by atoms with E-state index >= 15 is 0 Å². The van der Waals surface area contributed by atoms with Crippen molar-refractivity contribution in [2.24, 2.45) is 0 Å². The topological polar surface area (TPSA) is 182 Å². The number of amides is 3. The van der Waals surface area contributed by atoms with Gasteiger partial charge in [-0.2, -0.15) is 4.68 Å². The predicted octanol–water partition coefficient (Wildman–Crippen LogP) is 4.51. The molecule has 0 fully saturated rings. The van der Waals surface area contributed by atoms with Crippen LogP contribution in [0.25, 0.3) is 23.0 Å². The van der Waals surface area contributed by atoms with E-state index in [1.807, 2.05) is 0 Å². The molecule has 5 rings (SSSR count). The lowest BCUT2D eigenvalue weighted by atomic mass is 10.1. The van der Waals surface area contributed by atoms with E-state index in [2.05, 4.69) is 51.2 Å². The van der Waals surface area contributed by atoms with Gasteiger partial charge in [0, 0.05) is 46.9 Å². The third kappa shape index (κ3) is 8.31. The van der Waals surface area contributed by atoms with E-state index < -0.39 is 18.0 Å². The highest BCUT2D eigenvalue weighted by molar-refractivity contribution is 6.32. The van der Waals surface area contributed by atoms with E-state index in [9.17, 15) is 14.4 Å². The summed E-state index contributed by atoms with van der Waals surface area (Å²) in [5, 5.41) is 20.1. The molecule has 1 atom stereocenters. The average molecular weight is 662 g/mol. The number of benzene rings is 2. The maximum atomic E-state index is 13.2. The minimum Gasteiger partial charge on any atom is -0.453 e. The minimum absolute atomic E-state index is 0.150. The van der Waals surface area contributed by atoms with Crippen LogP contribution in [0.2, 0.25) is 10.2 Å². The summed E-state index contributed by atoms with van der Waals surface area (Å²) in [4.78, 5) is 49.4. The number of hydrogen-bond donors (Lipinski definition) is 4. The summed E-state index contributed by atoms with van der Waals surface area (Å²) in [5.74, 6) is -0.592. The molecule has 3 aromatic heterocycles. The smallest absolute Gasteiger partial charge is 0.411 e. The summed E-state index contributed by atoms with van der Waals surface area (Å²) in [6.45, 7) is 0.271. The molecule has 0 unspecified atom stereocenters. The number of carbonyl (C=O) groups is 3. The Balaban J connectivity index is 1.37. The van der Waals surface area contributed by atoms with Crippen molar-refractivity contribution in [2.75, 3.05) is 12.4 Å².